The van der Waals surface area contributed by atoms with Gasteiger partial charge >= 0.3 is 0 Å². The second kappa shape index (κ2) is 8.14. The summed E-state index contributed by atoms with van der Waals surface area (Å²) in [5.41, 5.74) is 6.45. The minimum absolute atomic E-state index is 0.137. The third-order valence-electron chi connectivity index (χ3n) is 2.81. The molecule has 2 aromatic rings. The van der Waals surface area contributed by atoms with Crippen LogP contribution in [0.1, 0.15) is 5.56 Å². The van der Waals surface area contributed by atoms with Crippen LogP contribution >= 0.6 is 11.8 Å². The van der Waals surface area contributed by atoms with Crippen molar-refractivity contribution in [3.63, 3.8) is 0 Å². The van der Waals surface area contributed by atoms with E-state index in [4.69, 9.17) is 5.73 Å². The Bertz CT molecular complexity index is 730. The molecule has 0 saturated heterocycles. The van der Waals surface area contributed by atoms with Crippen molar-refractivity contribution in [3.8, 4) is 0 Å². The maximum atomic E-state index is 12.8. The first-order valence-electron chi connectivity index (χ1n) is 6.79. The summed E-state index contributed by atoms with van der Waals surface area (Å²) in [4.78, 5) is 23.6. The minimum atomic E-state index is -0.424. The lowest BCUT2D eigenvalue weighted by Crippen LogP contribution is -2.13. The number of nitrogens with two attached hydrogens (primary N) is 1. The zero-order valence-corrected chi connectivity index (χ0v) is 13.0. The number of rotatable bonds is 6. The molecule has 0 fully saturated rings. The van der Waals surface area contributed by atoms with Crippen LogP contribution in [-0.2, 0) is 9.59 Å². The third-order valence-corrected chi connectivity index (χ3v) is 3.91. The number of hydrogen-bond acceptors (Lipinski definition) is 3. The fourth-order valence-electron chi connectivity index (χ4n) is 1.76. The predicted octanol–water partition coefficient (Wildman–Crippen LogP) is 3.06. The van der Waals surface area contributed by atoms with Gasteiger partial charge in [0.15, 0.2) is 0 Å². The molecule has 2 aromatic carbocycles. The van der Waals surface area contributed by atoms with Gasteiger partial charge in [-0.15, -0.1) is 11.8 Å². The molecule has 0 aliphatic heterocycles. The van der Waals surface area contributed by atoms with Crippen molar-refractivity contribution in [2.45, 2.75) is 4.90 Å². The third kappa shape index (κ3) is 5.60. The van der Waals surface area contributed by atoms with Crippen LogP contribution < -0.4 is 11.1 Å². The Kier molecular flexibility index (Phi) is 5.94. The largest absolute Gasteiger partial charge is 0.369 e. The highest BCUT2D eigenvalue weighted by molar-refractivity contribution is 8.00. The Morgan fingerprint density at radius 1 is 1.13 bits per heavy atom. The van der Waals surface area contributed by atoms with E-state index in [0.29, 0.717) is 5.69 Å². The molecular weight excluding hydrogens is 315 g/mol. The van der Waals surface area contributed by atoms with Crippen molar-refractivity contribution in [1.29, 1.82) is 0 Å². The molecule has 118 valence electrons. The van der Waals surface area contributed by atoms with Gasteiger partial charge in [-0.05, 0) is 35.9 Å². The fourth-order valence-corrected chi connectivity index (χ4v) is 2.51. The van der Waals surface area contributed by atoms with Crippen molar-refractivity contribution < 1.29 is 14.0 Å². The molecule has 0 aromatic heterocycles. The number of halogens is 1. The van der Waals surface area contributed by atoms with Crippen molar-refractivity contribution in [3.05, 3.63) is 66.0 Å². The average Bonchev–Trinajstić information content (AvgIpc) is 2.53. The first-order chi connectivity index (χ1) is 11.0. The van der Waals surface area contributed by atoms with Crippen molar-refractivity contribution in [2.24, 2.45) is 5.73 Å². The summed E-state index contributed by atoms with van der Waals surface area (Å²) in [6, 6.07) is 13.0. The van der Waals surface area contributed by atoms with E-state index in [2.05, 4.69) is 5.32 Å². The number of carbonyl (C=O) groups excluding carboxylic acids is 2. The molecule has 2 amide bonds. The van der Waals surface area contributed by atoms with Crippen LogP contribution in [0.2, 0.25) is 0 Å². The number of anilines is 1. The lowest BCUT2D eigenvalue weighted by molar-refractivity contribution is -0.115. The van der Waals surface area contributed by atoms with Gasteiger partial charge in [-0.1, -0.05) is 24.3 Å². The molecule has 0 bridgehead atoms. The van der Waals surface area contributed by atoms with Gasteiger partial charge in [-0.3, -0.25) is 9.59 Å². The second-order valence-electron chi connectivity index (χ2n) is 4.63. The van der Waals surface area contributed by atoms with E-state index in [0.717, 1.165) is 10.5 Å². The Labute approximate surface area is 137 Å². The zero-order chi connectivity index (χ0) is 16.7. The van der Waals surface area contributed by atoms with Crippen molar-refractivity contribution in [1.82, 2.24) is 0 Å². The number of benzene rings is 2. The second-order valence-corrected chi connectivity index (χ2v) is 5.64. The first kappa shape index (κ1) is 16.8. The molecule has 0 spiro atoms. The SMILES string of the molecule is NC(=O)CSc1ccccc1NC(=O)/C=C/c1ccc(F)cc1. The van der Waals surface area contributed by atoms with Crippen LogP contribution in [0.25, 0.3) is 6.08 Å². The number of para-hydroxylation sites is 1. The Balaban J connectivity index is 2.02. The van der Waals surface area contributed by atoms with Gasteiger partial charge in [0.1, 0.15) is 5.82 Å². The van der Waals surface area contributed by atoms with Crippen LogP contribution in [-0.4, -0.2) is 17.6 Å². The highest BCUT2D eigenvalue weighted by atomic mass is 32.2. The molecule has 6 heteroatoms. The van der Waals surface area contributed by atoms with Crippen LogP contribution in [0.3, 0.4) is 0 Å². The van der Waals surface area contributed by atoms with E-state index in [1.54, 1.807) is 36.4 Å². The number of amides is 2. The molecule has 0 atom stereocenters. The van der Waals surface area contributed by atoms with E-state index in [1.165, 1.54) is 30.0 Å². The smallest absolute Gasteiger partial charge is 0.248 e. The molecule has 2 rings (SSSR count). The van der Waals surface area contributed by atoms with Gasteiger partial charge < -0.3 is 11.1 Å². The van der Waals surface area contributed by atoms with E-state index in [9.17, 15) is 14.0 Å². The van der Waals surface area contributed by atoms with Gasteiger partial charge in [-0.2, -0.15) is 0 Å². The number of nitrogens with one attached hydrogen (secondary N) is 1. The molecule has 3 N–H and O–H groups in total. The van der Waals surface area contributed by atoms with Crippen molar-refractivity contribution >= 4 is 35.3 Å². The standard InChI is InChI=1S/C17H15FN2O2S/c18-13-8-5-12(6-9-13)7-10-17(22)20-14-3-1-2-4-15(14)23-11-16(19)21/h1-10H,11H2,(H2,19,21)(H,20,22)/b10-7+. The summed E-state index contributed by atoms with van der Waals surface area (Å²) >= 11 is 1.26. The summed E-state index contributed by atoms with van der Waals surface area (Å²) in [7, 11) is 0. The monoisotopic (exact) mass is 330 g/mol. The van der Waals surface area contributed by atoms with Gasteiger partial charge in [0, 0.05) is 11.0 Å². The maximum absolute atomic E-state index is 12.8. The van der Waals surface area contributed by atoms with Crippen LogP contribution in [0.15, 0.2) is 59.5 Å². The summed E-state index contributed by atoms with van der Waals surface area (Å²) in [6.45, 7) is 0. The highest BCUT2D eigenvalue weighted by Crippen LogP contribution is 2.26. The molecular formula is C17H15FN2O2S. The Morgan fingerprint density at radius 2 is 1.83 bits per heavy atom. The minimum Gasteiger partial charge on any atom is -0.369 e. The molecule has 0 heterocycles. The van der Waals surface area contributed by atoms with Crippen molar-refractivity contribution in [2.75, 3.05) is 11.1 Å². The summed E-state index contributed by atoms with van der Waals surface area (Å²) < 4.78 is 12.8. The number of primary amides is 1. The quantitative estimate of drug-likeness (QED) is 0.631. The molecule has 0 radical (unpaired) electrons. The lowest BCUT2D eigenvalue weighted by Gasteiger charge is -2.08. The molecule has 0 unspecified atom stereocenters. The zero-order valence-electron chi connectivity index (χ0n) is 12.2. The summed E-state index contributed by atoms with van der Waals surface area (Å²) in [5.74, 6) is -0.932. The number of thioether (sulfide) groups is 1. The van der Waals surface area contributed by atoms with Gasteiger partial charge in [0.25, 0.3) is 0 Å². The van der Waals surface area contributed by atoms with E-state index >= 15 is 0 Å². The molecule has 0 aliphatic carbocycles. The maximum Gasteiger partial charge on any atom is 0.248 e. The highest BCUT2D eigenvalue weighted by Gasteiger charge is 2.06. The molecule has 0 saturated carbocycles. The van der Waals surface area contributed by atoms with Gasteiger partial charge in [0.2, 0.25) is 11.8 Å². The Hall–Kier alpha value is -2.60. The van der Waals surface area contributed by atoms with E-state index in [-0.39, 0.29) is 17.5 Å². The van der Waals surface area contributed by atoms with E-state index in [1.807, 2.05) is 6.07 Å². The first-order valence-corrected chi connectivity index (χ1v) is 7.78. The number of hydrogen-bond donors (Lipinski definition) is 2. The normalized spacial score (nSPS) is 10.7. The van der Waals surface area contributed by atoms with Crippen LogP contribution in [0, 0.1) is 5.82 Å². The van der Waals surface area contributed by atoms with Gasteiger partial charge in [0.05, 0.1) is 11.4 Å². The lowest BCUT2D eigenvalue weighted by atomic mass is 10.2. The topological polar surface area (TPSA) is 72.2 Å². The van der Waals surface area contributed by atoms with Gasteiger partial charge in [-0.25, -0.2) is 4.39 Å². The van der Waals surface area contributed by atoms with Crippen LogP contribution in [0.5, 0.6) is 0 Å². The summed E-state index contributed by atoms with van der Waals surface area (Å²) in [5, 5.41) is 2.74. The Morgan fingerprint density at radius 3 is 2.52 bits per heavy atom. The molecule has 4 nitrogen and oxygen atoms in total. The summed E-state index contributed by atoms with van der Waals surface area (Å²) in [6.07, 6.45) is 2.96. The van der Waals surface area contributed by atoms with E-state index < -0.39 is 5.91 Å². The molecule has 0 aliphatic rings. The predicted molar refractivity (Wildman–Crippen MR) is 90.4 cm³/mol. The molecule has 23 heavy (non-hydrogen) atoms. The average molecular weight is 330 g/mol. The fraction of sp³-hybridized carbons (Fsp3) is 0.0588. The number of carbonyl (C=O) groups is 2. The van der Waals surface area contributed by atoms with Crippen LogP contribution in [0.4, 0.5) is 10.1 Å².